The second kappa shape index (κ2) is 14.1. The Kier molecular flexibility index (Phi) is 13.5. The molecule has 57 heavy (non-hydrogen) atoms. The van der Waals surface area contributed by atoms with Crippen LogP contribution in [0.5, 0.6) is 0 Å². The molecule has 0 amide bonds. The van der Waals surface area contributed by atoms with Crippen LogP contribution in [0.4, 0.5) is 149 Å². The van der Waals surface area contributed by atoms with E-state index in [9.17, 15) is 149 Å². The van der Waals surface area contributed by atoms with E-state index < -0.39 is 134 Å². The van der Waals surface area contributed by atoms with E-state index >= 15 is 0 Å². The third-order valence-corrected chi connectivity index (χ3v) is 7.51. The zero-order valence-electron chi connectivity index (χ0n) is 25.8. The van der Waals surface area contributed by atoms with Crippen molar-refractivity contribution in [3.63, 3.8) is 0 Å². The highest BCUT2D eigenvalue weighted by atomic mass is 19.5. The van der Waals surface area contributed by atoms with Gasteiger partial charge in [-0.3, -0.25) is 0 Å². The zero-order chi connectivity index (χ0) is 47.3. The molecule has 344 valence electrons. The maximum atomic E-state index is 14.6. The maximum absolute atomic E-state index is 14.6. The average molecular weight is 938 g/mol. The second-order valence-corrected chi connectivity index (χ2v) is 11.1. The van der Waals surface area contributed by atoms with Crippen molar-refractivity contribution < 1.29 is 154 Å². The van der Waals surface area contributed by atoms with Gasteiger partial charge in [-0.1, -0.05) is 13.8 Å². The number of hydrogen-bond donors (Lipinski definition) is 0. The molecule has 0 bridgehead atoms. The molecule has 0 fully saturated rings. The van der Waals surface area contributed by atoms with Gasteiger partial charge in [0.2, 0.25) is 0 Å². The Balaban J connectivity index is 7.60. The Morgan fingerprint density at radius 3 is 0.561 bits per heavy atom. The highest BCUT2D eigenvalue weighted by molar-refractivity contribution is 5.20. The summed E-state index contributed by atoms with van der Waals surface area (Å²) in [5.74, 6) is -90.3. The monoisotopic (exact) mass is 938 g/mol. The molecule has 0 aliphatic carbocycles. The molecule has 35 heteroatoms. The minimum atomic E-state index is -9.45. The SMILES string of the molecule is CCC(OC(CC)C(F)(F)C(F)(F)C(F)(F)C(F)(F)C(F)(F)C(F)(C(F)(F)F)C(F)(F)F)C(F)(F)C(F)(F)C(F)(F)C(F)(F)C(F)(F)C(F)(C(F)(F)F)C(F)(F)F. The number of alkyl halides is 34. The van der Waals surface area contributed by atoms with E-state index in [1.54, 1.807) is 0 Å². The van der Waals surface area contributed by atoms with Gasteiger partial charge in [-0.2, -0.15) is 140 Å². The van der Waals surface area contributed by atoms with E-state index in [2.05, 4.69) is 4.74 Å². The first-order chi connectivity index (χ1) is 24.1. The van der Waals surface area contributed by atoms with E-state index in [1.165, 1.54) is 0 Å². The van der Waals surface area contributed by atoms with Crippen LogP contribution in [0.15, 0.2) is 0 Å². The Morgan fingerprint density at radius 2 is 0.421 bits per heavy atom. The van der Waals surface area contributed by atoms with Crippen molar-refractivity contribution >= 4 is 0 Å². The second-order valence-electron chi connectivity index (χ2n) is 11.1. The summed E-state index contributed by atoms with van der Waals surface area (Å²) in [6, 6.07) is 0. The number of hydrogen-bond acceptors (Lipinski definition) is 1. The molecule has 0 aromatic carbocycles. The molecule has 0 radical (unpaired) electrons. The lowest BCUT2D eigenvalue weighted by molar-refractivity contribution is -0.472. The zero-order valence-corrected chi connectivity index (χ0v) is 25.8. The molecule has 0 heterocycles. The molecule has 0 rings (SSSR count). The lowest BCUT2D eigenvalue weighted by Crippen LogP contribution is -2.78. The molecule has 0 aliphatic heterocycles. The fourth-order valence-electron chi connectivity index (χ4n) is 4.15. The summed E-state index contributed by atoms with van der Waals surface area (Å²) >= 11 is 0. The molecule has 0 saturated carbocycles. The highest BCUT2D eigenvalue weighted by Gasteiger charge is 2.99. The average Bonchev–Trinajstić information content (AvgIpc) is 2.96. The molecule has 1 nitrogen and oxygen atoms in total. The van der Waals surface area contributed by atoms with Gasteiger partial charge in [-0.05, 0) is 12.8 Å². The molecule has 0 aliphatic rings. The van der Waals surface area contributed by atoms with Crippen molar-refractivity contribution in [3.8, 4) is 0 Å². The first kappa shape index (κ1) is 54.6. The van der Waals surface area contributed by atoms with Crippen molar-refractivity contribution in [1.82, 2.24) is 0 Å². The summed E-state index contributed by atoms with van der Waals surface area (Å²) < 4.78 is 465. The largest absolute Gasteiger partial charge is 0.438 e. The van der Waals surface area contributed by atoms with Crippen LogP contribution in [0.3, 0.4) is 0 Å². The summed E-state index contributed by atoms with van der Waals surface area (Å²) in [5, 5.41) is 0. The van der Waals surface area contributed by atoms with E-state index in [0.717, 1.165) is 0 Å². The topological polar surface area (TPSA) is 9.23 Å². The third kappa shape index (κ3) is 6.91. The highest BCUT2D eigenvalue weighted by Crippen LogP contribution is 2.68. The third-order valence-electron chi connectivity index (χ3n) is 7.51. The van der Waals surface area contributed by atoms with Crippen LogP contribution in [-0.2, 0) is 4.74 Å². The summed E-state index contributed by atoms with van der Waals surface area (Å²) in [4.78, 5) is 0. The fraction of sp³-hybridized carbons (Fsp3) is 1.00. The van der Waals surface area contributed by atoms with Gasteiger partial charge in [-0.15, -0.1) is 0 Å². The van der Waals surface area contributed by atoms with Crippen molar-refractivity contribution in [1.29, 1.82) is 0 Å². The van der Waals surface area contributed by atoms with Crippen LogP contribution in [0, 0.1) is 0 Å². The summed E-state index contributed by atoms with van der Waals surface area (Å²) in [7, 11) is 0. The molecule has 0 saturated heterocycles. The molecule has 0 aromatic heterocycles. The summed E-state index contributed by atoms with van der Waals surface area (Å²) in [6.07, 6.45) is -50.7. The molecule has 2 atom stereocenters. The van der Waals surface area contributed by atoms with Crippen LogP contribution < -0.4 is 0 Å². The molecule has 0 spiro atoms. The normalized spacial score (nSPS) is 17.9. The maximum Gasteiger partial charge on any atom is 0.438 e. The molecule has 0 N–H and O–H groups in total. The smallest absolute Gasteiger partial charge is 0.362 e. The Hall–Kier alpha value is -2.42. The van der Waals surface area contributed by atoms with Crippen LogP contribution in [-0.4, -0.2) is 107 Å². The van der Waals surface area contributed by atoms with E-state index in [1.807, 2.05) is 0 Å². The predicted molar refractivity (Wildman–Crippen MR) is 111 cm³/mol. The van der Waals surface area contributed by atoms with Gasteiger partial charge in [-0.25, -0.2) is 8.78 Å². The van der Waals surface area contributed by atoms with Gasteiger partial charge in [0.25, 0.3) is 0 Å². The predicted octanol–water partition coefficient (Wildman–Crippen LogP) is 12.6. The molecular weight excluding hydrogens is 926 g/mol. The Labute approximate surface area is 289 Å². The summed E-state index contributed by atoms with van der Waals surface area (Å²) in [5.41, 5.74) is -18.2. The van der Waals surface area contributed by atoms with E-state index in [-0.39, 0.29) is 0 Å². The van der Waals surface area contributed by atoms with Crippen molar-refractivity contribution in [2.75, 3.05) is 0 Å². The van der Waals surface area contributed by atoms with Gasteiger partial charge in [0.05, 0.1) is 0 Å². The van der Waals surface area contributed by atoms with Crippen LogP contribution in [0.1, 0.15) is 26.7 Å². The Bertz CT molecular complexity index is 1260. The van der Waals surface area contributed by atoms with Gasteiger partial charge in [0.15, 0.2) is 0 Å². The van der Waals surface area contributed by atoms with Crippen molar-refractivity contribution in [2.45, 2.75) is 134 Å². The van der Waals surface area contributed by atoms with Crippen LogP contribution in [0.2, 0.25) is 0 Å². The number of halogens is 34. The number of rotatable bonds is 16. The summed E-state index contributed by atoms with van der Waals surface area (Å²) in [6.45, 7) is -0.859. The van der Waals surface area contributed by atoms with Gasteiger partial charge in [0.1, 0.15) is 12.2 Å². The van der Waals surface area contributed by atoms with E-state index in [0.29, 0.717) is 0 Å². The van der Waals surface area contributed by atoms with Crippen LogP contribution in [0.25, 0.3) is 0 Å². The fourth-order valence-corrected chi connectivity index (χ4v) is 4.15. The minimum absolute atomic E-state index is 0.430. The standard InChI is InChI=1S/C22H12F34O/c1-3-5(7(23,24)11(29,30)15(37,38)17(41,42)13(33,34)9(27,19(45,46)47)20(48,49)50)57-6(4-2)8(25,26)12(31,32)16(39,40)18(43,44)14(35,36)10(28,21(51,52)53)22(54,55)56/h5-6H,3-4H2,1-2H3. The van der Waals surface area contributed by atoms with Crippen molar-refractivity contribution in [3.05, 3.63) is 0 Å². The van der Waals surface area contributed by atoms with Crippen LogP contribution >= 0.6 is 0 Å². The Morgan fingerprint density at radius 1 is 0.263 bits per heavy atom. The van der Waals surface area contributed by atoms with Gasteiger partial charge >= 0.3 is 95.3 Å². The lowest BCUT2D eigenvalue weighted by atomic mass is 9.83. The first-order valence-electron chi connectivity index (χ1n) is 13.2. The minimum Gasteiger partial charge on any atom is -0.362 e. The first-order valence-corrected chi connectivity index (χ1v) is 13.2. The van der Waals surface area contributed by atoms with Gasteiger partial charge < -0.3 is 4.74 Å². The number of ether oxygens (including phenoxy) is 1. The quantitative estimate of drug-likeness (QED) is 0.140. The van der Waals surface area contributed by atoms with Crippen molar-refractivity contribution in [2.24, 2.45) is 0 Å². The molecular formula is C22H12F34O. The van der Waals surface area contributed by atoms with E-state index in [4.69, 9.17) is 0 Å². The molecule has 0 aromatic rings. The molecule has 2 unspecified atom stereocenters. The lowest BCUT2D eigenvalue weighted by Gasteiger charge is -2.46. The van der Waals surface area contributed by atoms with Gasteiger partial charge in [0, 0.05) is 0 Å².